The van der Waals surface area contributed by atoms with Gasteiger partial charge in [-0.1, -0.05) is 41.4 Å². The Morgan fingerprint density at radius 1 is 1.08 bits per heavy atom. The largest absolute Gasteiger partial charge is 0.491 e. The fourth-order valence-electron chi connectivity index (χ4n) is 1.69. The van der Waals surface area contributed by atoms with E-state index in [1.54, 1.807) is 30.3 Å². The van der Waals surface area contributed by atoms with Crippen molar-refractivity contribution in [1.29, 1.82) is 0 Å². The van der Waals surface area contributed by atoms with Crippen LogP contribution in [0.3, 0.4) is 0 Å². The molecule has 0 saturated carbocycles. The Morgan fingerprint density at radius 3 is 2.46 bits per heavy atom. The summed E-state index contributed by atoms with van der Waals surface area (Å²) in [5.74, 6) is -0.154. The molecule has 2 aromatic carbocycles. The first-order valence-electron chi connectivity index (χ1n) is 6.82. The van der Waals surface area contributed by atoms with E-state index >= 15 is 0 Å². The molecule has 0 aliphatic carbocycles. The number of hydrazine groups is 1. The Bertz CT molecular complexity index is 813. The molecular formula is C15H14Cl2N2O4S. The molecular weight excluding hydrogens is 375 g/mol. The minimum absolute atomic E-state index is 0.0280. The number of ether oxygens (including phenoxy) is 1. The van der Waals surface area contributed by atoms with Crippen molar-refractivity contribution in [3.8, 4) is 5.75 Å². The zero-order valence-corrected chi connectivity index (χ0v) is 14.7. The van der Waals surface area contributed by atoms with Gasteiger partial charge in [0.1, 0.15) is 5.75 Å². The molecule has 2 N–H and O–H groups in total. The second-order valence-corrected chi connectivity index (χ2v) is 7.17. The Balaban J connectivity index is 1.79. The topological polar surface area (TPSA) is 84.5 Å². The normalized spacial score (nSPS) is 11.1. The van der Waals surface area contributed by atoms with Crippen LogP contribution < -0.4 is 15.0 Å². The number of amides is 1. The first-order chi connectivity index (χ1) is 11.4. The molecule has 2 rings (SSSR count). The number of carbonyl (C=O) groups is 1. The van der Waals surface area contributed by atoms with Crippen LogP contribution in [0.4, 0.5) is 0 Å². The first kappa shape index (κ1) is 18.5. The summed E-state index contributed by atoms with van der Waals surface area (Å²) in [6.07, 6.45) is -0.0593. The van der Waals surface area contributed by atoms with E-state index in [4.69, 9.17) is 27.9 Å². The molecule has 2 aromatic rings. The van der Waals surface area contributed by atoms with Gasteiger partial charge in [0.2, 0.25) is 5.91 Å². The number of hydrogen-bond donors (Lipinski definition) is 2. The molecule has 0 radical (unpaired) electrons. The van der Waals surface area contributed by atoms with Gasteiger partial charge < -0.3 is 4.74 Å². The monoisotopic (exact) mass is 388 g/mol. The maximum Gasteiger partial charge on any atom is 0.257 e. The number of carbonyl (C=O) groups excluding carboxylic acids is 1. The van der Waals surface area contributed by atoms with Crippen LogP contribution in [0.25, 0.3) is 0 Å². The highest BCUT2D eigenvalue weighted by Gasteiger charge is 2.14. The number of sulfonamides is 1. The summed E-state index contributed by atoms with van der Waals surface area (Å²) in [7, 11) is -3.80. The highest BCUT2D eigenvalue weighted by Crippen LogP contribution is 2.27. The van der Waals surface area contributed by atoms with E-state index in [2.05, 4.69) is 5.43 Å². The quantitative estimate of drug-likeness (QED) is 0.714. The van der Waals surface area contributed by atoms with E-state index in [9.17, 15) is 13.2 Å². The predicted molar refractivity (Wildman–Crippen MR) is 91.5 cm³/mol. The van der Waals surface area contributed by atoms with Crippen LogP contribution in [0, 0.1) is 0 Å². The number of hydrogen-bond acceptors (Lipinski definition) is 4. The number of rotatable bonds is 7. The Morgan fingerprint density at radius 2 is 1.79 bits per heavy atom. The lowest BCUT2D eigenvalue weighted by atomic mass is 10.3. The van der Waals surface area contributed by atoms with Crippen LogP contribution in [0.1, 0.15) is 6.42 Å². The minimum Gasteiger partial charge on any atom is -0.491 e. The van der Waals surface area contributed by atoms with Crippen molar-refractivity contribution in [2.24, 2.45) is 0 Å². The smallest absolute Gasteiger partial charge is 0.257 e. The highest BCUT2D eigenvalue weighted by molar-refractivity contribution is 7.89. The molecule has 9 heteroatoms. The van der Waals surface area contributed by atoms with Gasteiger partial charge in [0, 0.05) is 5.02 Å². The fourth-order valence-corrected chi connectivity index (χ4v) is 3.04. The summed E-state index contributed by atoms with van der Waals surface area (Å²) in [6.45, 7) is 0.0280. The summed E-state index contributed by atoms with van der Waals surface area (Å²) >= 11 is 11.7. The molecule has 24 heavy (non-hydrogen) atoms. The van der Waals surface area contributed by atoms with Gasteiger partial charge in [-0.25, -0.2) is 8.42 Å². The van der Waals surface area contributed by atoms with Crippen LogP contribution in [-0.2, 0) is 14.8 Å². The van der Waals surface area contributed by atoms with Gasteiger partial charge in [0.25, 0.3) is 10.0 Å². The maximum absolute atomic E-state index is 11.9. The number of nitrogens with one attached hydrogen (secondary N) is 2. The molecule has 128 valence electrons. The van der Waals surface area contributed by atoms with Gasteiger partial charge in [-0.15, -0.1) is 4.83 Å². The van der Waals surface area contributed by atoms with Gasteiger partial charge in [0.15, 0.2) is 0 Å². The Kier molecular flexibility index (Phi) is 6.44. The van der Waals surface area contributed by atoms with Crippen LogP contribution in [0.2, 0.25) is 10.0 Å². The molecule has 0 aliphatic rings. The number of halogens is 2. The zero-order chi connectivity index (χ0) is 17.6. The van der Waals surface area contributed by atoms with Crippen molar-refractivity contribution >= 4 is 39.1 Å². The standard InChI is InChI=1S/C15H14Cl2N2O4S/c16-11-6-7-14(13(17)10-11)23-9-8-15(20)18-19-24(21,22)12-4-2-1-3-5-12/h1-7,10,19H,8-9H2,(H,18,20). The third kappa shape index (κ3) is 5.38. The summed E-state index contributed by atoms with van der Waals surface area (Å²) < 4.78 is 29.2. The van der Waals surface area contributed by atoms with Crippen molar-refractivity contribution in [2.75, 3.05) is 6.61 Å². The summed E-state index contributed by atoms with van der Waals surface area (Å²) in [4.78, 5) is 13.7. The van der Waals surface area contributed by atoms with Crippen LogP contribution in [-0.4, -0.2) is 20.9 Å². The molecule has 0 fully saturated rings. The lowest BCUT2D eigenvalue weighted by molar-refractivity contribution is -0.122. The van der Waals surface area contributed by atoms with E-state index < -0.39 is 15.9 Å². The summed E-state index contributed by atoms with van der Waals surface area (Å²) in [6, 6.07) is 12.4. The second-order valence-electron chi connectivity index (χ2n) is 4.64. The van der Waals surface area contributed by atoms with E-state index in [0.29, 0.717) is 15.8 Å². The molecule has 0 atom stereocenters. The lowest BCUT2D eigenvalue weighted by Crippen LogP contribution is -2.41. The summed E-state index contributed by atoms with van der Waals surface area (Å²) in [5.41, 5.74) is 2.12. The van der Waals surface area contributed by atoms with E-state index in [-0.39, 0.29) is 17.9 Å². The first-order valence-corrected chi connectivity index (χ1v) is 9.06. The zero-order valence-electron chi connectivity index (χ0n) is 12.3. The van der Waals surface area contributed by atoms with Crippen LogP contribution in [0.15, 0.2) is 53.4 Å². The highest BCUT2D eigenvalue weighted by atomic mass is 35.5. The molecule has 0 spiro atoms. The average molecular weight is 389 g/mol. The van der Waals surface area contributed by atoms with E-state index in [1.165, 1.54) is 18.2 Å². The summed E-state index contributed by atoms with van der Waals surface area (Å²) in [5, 5.41) is 0.799. The van der Waals surface area contributed by atoms with Crippen molar-refractivity contribution in [3.05, 3.63) is 58.6 Å². The molecule has 0 unspecified atom stereocenters. The van der Waals surface area contributed by atoms with Gasteiger partial charge >= 0.3 is 0 Å². The average Bonchev–Trinajstić information content (AvgIpc) is 2.56. The van der Waals surface area contributed by atoms with Crippen LogP contribution >= 0.6 is 23.2 Å². The maximum atomic E-state index is 11.9. The molecule has 0 aromatic heterocycles. The van der Waals surface area contributed by atoms with Gasteiger partial charge in [-0.3, -0.25) is 10.2 Å². The molecule has 1 amide bonds. The second kappa shape index (κ2) is 8.34. The molecule has 6 nitrogen and oxygen atoms in total. The van der Waals surface area contributed by atoms with Gasteiger partial charge in [-0.2, -0.15) is 0 Å². The predicted octanol–water partition coefficient (Wildman–Crippen LogP) is 2.77. The third-order valence-electron chi connectivity index (χ3n) is 2.86. The van der Waals surface area contributed by atoms with E-state index in [0.717, 1.165) is 0 Å². The van der Waals surface area contributed by atoms with Crippen molar-refractivity contribution in [3.63, 3.8) is 0 Å². The molecule has 0 aliphatic heterocycles. The van der Waals surface area contributed by atoms with Crippen molar-refractivity contribution in [1.82, 2.24) is 10.3 Å². The number of benzene rings is 2. The van der Waals surface area contributed by atoms with Crippen molar-refractivity contribution < 1.29 is 17.9 Å². The third-order valence-corrected chi connectivity index (χ3v) is 4.65. The molecule has 0 bridgehead atoms. The van der Waals surface area contributed by atoms with Crippen molar-refractivity contribution in [2.45, 2.75) is 11.3 Å². The minimum atomic E-state index is -3.80. The van der Waals surface area contributed by atoms with Gasteiger partial charge in [0.05, 0.1) is 22.9 Å². The Hall–Kier alpha value is -1.80. The van der Waals surface area contributed by atoms with E-state index in [1.807, 2.05) is 4.83 Å². The Labute approximate surface area is 149 Å². The van der Waals surface area contributed by atoms with Crippen LogP contribution in [0.5, 0.6) is 5.75 Å². The van der Waals surface area contributed by atoms with Gasteiger partial charge in [-0.05, 0) is 30.3 Å². The molecule has 0 heterocycles. The SMILES string of the molecule is O=C(CCOc1ccc(Cl)cc1Cl)NNS(=O)(=O)c1ccccc1. The lowest BCUT2D eigenvalue weighted by Gasteiger charge is -2.10. The fraction of sp³-hybridized carbons (Fsp3) is 0.133. The molecule has 0 saturated heterocycles.